The normalized spacial score (nSPS) is 12.8. The molecule has 0 radical (unpaired) electrons. The van der Waals surface area contributed by atoms with Crippen LogP contribution in [0.2, 0.25) is 0 Å². The number of aliphatic hydroxyl groups is 1. The monoisotopic (exact) mass is 284 g/mol. The second-order valence-electron chi connectivity index (χ2n) is 5.01. The van der Waals surface area contributed by atoms with Crippen LogP contribution in [0.15, 0.2) is 36.5 Å². The van der Waals surface area contributed by atoms with Gasteiger partial charge in [-0.3, -0.25) is 4.98 Å². The topological polar surface area (TPSA) is 46.0 Å². The Balaban J connectivity index is 1.86. The molecule has 0 aliphatic carbocycles. The van der Waals surface area contributed by atoms with Gasteiger partial charge in [-0.25, -0.2) is 4.98 Å². The fourth-order valence-corrected chi connectivity index (χ4v) is 3.35. The Kier molecular flexibility index (Phi) is 3.51. The maximum absolute atomic E-state index is 10.4. The van der Waals surface area contributed by atoms with Gasteiger partial charge in [-0.2, -0.15) is 0 Å². The molecular formula is C16H16N2OS. The number of nitrogens with zero attached hydrogens (tertiary/aromatic N) is 2. The second-order valence-corrected chi connectivity index (χ2v) is 6.13. The van der Waals surface area contributed by atoms with Gasteiger partial charge in [-0.05, 0) is 37.1 Å². The molecule has 0 saturated carbocycles. The number of hydrogen-bond donors (Lipinski definition) is 1. The summed E-state index contributed by atoms with van der Waals surface area (Å²) in [5.74, 6) is 0. The number of aliphatic hydroxyl groups excluding tert-OH is 1. The molecule has 0 bridgehead atoms. The van der Waals surface area contributed by atoms with E-state index in [0.29, 0.717) is 6.42 Å². The summed E-state index contributed by atoms with van der Waals surface area (Å²) in [4.78, 5) is 8.91. The maximum atomic E-state index is 10.4. The highest BCUT2D eigenvalue weighted by molar-refractivity contribution is 7.18. The lowest BCUT2D eigenvalue weighted by molar-refractivity contribution is 0.172. The first kappa shape index (κ1) is 13.2. The summed E-state index contributed by atoms with van der Waals surface area (Å²) in [6, 6.07) is 10.1. The molecule has 3 aromatic rings. The lowest BCUT2D eigenvalue weighted by Crippen LogP contribution is -2.06. The zero-order valence-corrected chi connectivity index (χ0v) is 12.3. The lowest BCUT2D eigenvalue weighted by atomic mass is 10.1. The van der Waals surface area contributed by atoms with Gasteiger partial charge in [0.25, 0.3) is 0 Å². The number of hydrogen-bond acceptors (Lipinski definition) is 4. The highest BCUT2D eigenvalue weighted by Gasteiger charge is 2.15. The number of rotatable bonds is 3. The van der Waals surface area contributed by atoms with Crippen molar-refractivity contribution in [3.05, 3.63) is 58.4 Å². The van der Waals surface area contributed by atoms with E-state index < -0.39 is 6.10 Å². The SMILES string of the molecule is Cc1cnc(C(O)Cc2nc3ccccc3s2)c(C)c1. The number of benzene rings is 1. The lowest BCUT2D eigenvalue weighted by Gasteiger charge is -2.11. The van der Waals surface area contributed by atoms with Crippen molar-refractivity contribution < 1.29 is 5.11 Å². The molecule has 1 N–H and O–H groups in total. The van der Waals surface area contributed by atoms with Gasteiger partial charge < -0.3 is 5.11 Å². The van der Waals surface area contributed by atoms with Crippen molar-refractivity contribution in [1.29, 1.82) is 0 Å². The summed E-state index contributed by atoms with van der Waals surface area (Å²) < 4.78 is 1.16. The fourth-order valence-electron chi connectivity index (χ4n) is 2.34. The predicted molar refractivity (Wildman–Crippen MR) is 82.0 cm³/mol. The van der Waals surface area contributed by atoms with Crippen molar-refractivity contribution in [3.63, 3.8) is 0 Å². The van der Waals surface area contributed by atoms with E-state index in [-0.39, 0.29) is 0 Å². The van der Waals surface area contributed by atoms with Gasteiger partial charge in [0.1, 0.15) is 6.10 Å². The van der Waals surface area contributed by atoms with E-state index in [9.17, 15) is 5.11 Å². The van der Waals surface area contributed by atoms with Crippen LogP contribution in [0.1, 0.15) is 27.9 Å². The van der Waals surface area contributed by atoms with Crippen molar-refractivity contribution in [2.45, 2.75) is 26.4 Å². The van der Waals surface area contributed by atoms with Crippen molar-refractivity contribution in [2.24, 2.45) is 0 Å². The van der Waals surface area contributed by atoms with Gasteiger partial charge in [-0.15, -0.1) is 11.3 Å². The molecule has 1 unspecified atom stereocenters. The van der Waals surface area contributed by atoms with Gasteiger partial charge >= 0.3 is 0 Å². The van der Waals surface area contributed by atoms with Crippen LogP contribution in [0.3, 0.4) is 0 Å². The Morgan fingerprint density at radius 2 is 2.05 bits per heavy atom. The molecule has 1 atom stereocenters. The fraction of sp³-hybridized carbons (Fsp3) is 0.250. The first-order valence-corrected chi connectivity index (χ1v) is 7.41. The molecule has 2 aromatic heterocycles. The van der Waals surface area contributed by atoms with Gasteiger partial charge in [-0.1, -0.05) is 18.2 Å². The number of fused-ring (bicyclic) bond motifs is 1. The van der Waals surface area contributed by atoms with Gasteiger partial charge in [0.2, 0.25) is 0 Å². The Bertz CT molecular complexity index is 718. The quantitative estimate of drug-likeness (QED) is 0.799. The Hall–Kier alpha value is -1.78. The van der Waals surface area contributed by atoms with Crippen molar-refractivity contribution >= 4 is 21.6 Å². The van der Waals surface area contributed by atoms with E-state index in [2.05, 4.69) is 16.0 Å². The molecule has 20 heavy (non-hydrogen) atoms. The van der Waals surface area contributed by atoms with Crippen molar-refractivity contribution in [1.82, 2.24) is 9.97 Å². The highest BCUT2D eigenvalue weighted by Crippen LogP contribution is 2.26. The van der Waals surface area contributed by atoms with Crippen LogP contribution in [0, 0.1) is 13.8 Å². The van der Waals surface area contributed by atoms with E-state index >= 15 is 0 Å². The van der Waals surface area contributed by atoms with Crippen LogP contribution < -0.4 is 0 Å². The van der Waals surface area contributed by atoms with E-state index in [1.807, 2.05) is 38.1 Å². The van der Waals surface area contributed by atoms with Crippen LogP contribution in [0.5, 0.6) is 0 Å². The molecule has 0 spiro atoms. The molecule has 3 nitrogen and oxygen atoms in total. The Morgan fingerprint density at radius 1 is 1.25 bits per heavy atom. The summed E-state index contributed by atoms with van der Waals surface area (Å²) in [6.45, 7) is 3.99. The third kappa shape index (κ3) is 2.57. The average Bonchev–Trinajstić information content (AvgIpc) is 2.80. The summed E-state index contributed by atoms with van der Waals surface area (Å²) in [5, 5.41) is 11.3. The molecule has 1 aromatic carbocycles. The van der Waals surface area contributed by atoms with E-state index in [4.69, 9.17) is 0 Å². The standard InChI is InChI=1S/C16H16N2OS/c1-10-7-11(2)16(17-9-10)13(19)8-15-18-12-5-3-4-6-14(12)20-15/h3-7,9,13,19H,8H2,1-2H3. The van der Waals surface area contributed by atoms with Gasteiger partial charge in [0.15, 0.2) is 0 Å². The molecular weight excluding hydrogens is 268 g/mol. The zero-order chi connectivity index (χ0) is 14.1. The zero-order valence-electron chi connectivity index (χ0n) is 11.5. The summed E-state index contributed by atoms with van der Waals surface area (Å²) >= 11 is 1.63. The molecule has 0 aliphatic rings. The Morgan fingerprint density at radius 3 is 2.80 bits per heavy atom. The third-order valence-corrected chi connectivity index (χ3v) is 4.34. The van der Waals surface area contributed by atoms with E-state index in [1.165, 1.54) is 0 Å². The number of para-hydroxylation sites is 1. The maximum Gasteiger partial charge on any atom is 0.103 e. The summed E-state index contributed by atoms with van der Waals surface area (Å²) in [7, 11) is 0. The van der Waals surface area contributed by atoms with Crippen LogP contribution in [0.4, 0.5) is 0 Å². The Labute approximate surface area is 122 Å². The minimum Gasteiger partial charge on any atom is -0.386 e. The number of aromatic nitrogens is 2. The van der Waals surface area contributed by atoms with E-state index in [0.717, 1.165) is 32.0 Å². The minimum atomic E-state index is -0.601. The number of aryl methyl sites for hydroxylation is 2. The van der Waals surface area contributed by atoms with Crippen molar-refractivity contribution in [2.75, 3.05) is 0 Å². The third-order valence-electron chi connectivity index (χ3n) is 3.28. The molecule has 3 rings (SSSR count). The first-order valence-electron chi connectivity index (χ1n) is 6.59. The molecule has 102 valence electrons. The van der Waals surface area contributed by atoms with E-state index in [1.54, 1.807) is 17.5 Å². The van der Waals surface area contributed by atoms with Crippen LogP contribution in [-0.2, 0) is 6.42 Å². The molecule has 0 fully saturated rings. The summed E-state index contributed by atoms with van der Waals surface area (Å²) in [5.41, 5.74) is 3.88. The van der Waals surface area contributed by atoms with Gasteiger partial charge in [0, 0.05) is 12.6 Å². The summed E-state index contributed by atoms with van der Waals surface area (Å²) in [6.07, 6.45) is 1.70. The molecule has 0 saturated heterocycles. The first-order chi connectivity index (χ1) is 9.63. The van der Waals surface area contributed by atoms with Gasteiger partial charge in [0.05, 0.1) is 20.9 Å². The molecule has 4 heteroatoms. The van der Waals surface area contributed by atoms with Crippen LogP contribution in [-0.4, -0.2) is 15.1 Å². The average molecular weight is 284 g/mol. The van der Waals surface area contributed by atoms with Crippen LogP contribution in [0.25, 0.3) is 10.2 Å². The highest BCUT2D eigenvalue weighted by atomic mass is 32.1. The minimum absolute atomic E-state index is 0.510. The molecule has 2 heterocycles. The van der Waals surface area contributed by atoms with Crippen molar-refractivity contribution in [3.8, 4) is 0 Å². The number of pyridine rings is 1. The number of thiazole rings is 1. The molecule has 0 aliphatic heterocycles. The second kappa shape index (κ2) is 5.31. The molecule has 0 amide bonds. The van der Waals surface area contributed by atoms with Crippen LogP contribution >= 0.6 is 11.3 Å². The smallest absolute Gasteiger partial charge is 0.103 e. The largest absolute Gasteiger partial charge is 0.386 e. The predicted octanol–water partition coefficient (Wildman–Crippen LogP) is 3.58.